The predicted octanol–water partition coefficient (Wildman–Crippen LogP) is 3.96. The predicted molar refractivity (Wildman–Crippen MR) is 81.0 cm³/mol. The Morgan fingerprint density at radius 1 is 1.05 bits per heavy atom. The minimum absolute atomic E-state index is 0.221. The van der Waals surface area contributed by atoms with Gasteiger partial charge in [0.2, 0.25) is 0 Å². The molecular weight excluding hydrogens is 248 g/mol. The van der Waals surface area contributed by atoms with E-state index in [-0.39, 0.29) is 5.97 Å². The van der Waals surface area contributed by atoms with E-state index in [4.69, 9.17) is 4.74 Å². The van der Waals surface area contributed by atoms with Crippen LogP contribution in [0.15, 0.2) is 48.5 Å². The van der Waals surface area contributed by atoms with E-state index in [9.17, 15) is 4.79 Å². The van der Waals surface area contributed by atoms with Gasteiger partial charge in [0.15, 0.2) is 0 Å². The minimum Gasteiger partial charge on any atom is -0.462 e. The van der Waals surface area contributed by atoms with Crippen molar-refractivity contribution in [2.24, 2.45) is 0 Å². The highest BCUT2D eigenvalue weighted by Crippen LogP contribution is 2.16. The molecule has 104 valence electrons. The van der Waals surface area contributed by atoms with Gasteiger partial charge in [0.1, 0.15) is 0 Å². The Balaban J connectivity index is 1.97. The second-order valence-electron chi connectivity index (χ2n) is 4.83. The standard InChI is InChI=1S/C18H20O2/c1-3-16-14(2)8-7-11-17(16)18(19)20-13-12-15-9-5-4-6-10-15/h4-11H,3,12-13H2,1-2H3. The summed E-state index contributed by atoms with van der Waals surface area (Å²) in [5.74, 6) is -0.221. The van der Waals surface area contributed by atoms with E-state index in [1.807, 2.05) is 55.5 Å². The molecule has 0 heterocycles. The molecule has 0 aliphatic carbocycles. The molecule has 0 saturated carbocycles. The molecule has 0 fully saturated rings. The lowest BCUT2D eigenvalue weighted by atomic mass is 10.00. The van der Waals surface area contributed by atoms with Gasteiger partial charge in [-0.2, -0.15) is 0 Å². The smallest absolute Gasteiger partial charge is 0.338 e. The summed E-state index contributed by atoms with van der Waals surface area (Å²) in [6.07, 6.45) is 1.59. The zero-order valence-corrected chi connectivity index (χ0v) is 12.1. The van der Waals surface area contributed by atoms with Crippen molar-refractivity contribution in [1.29, 1.82) is 0 Å². The SMILES string of the molecule is CCc1c(C)cccc1C(=O)OCCc1ccccc1. The number of benzene rings is 2. The lowest BCUT2D eigenvalue weighted by molar-refractivity contribution is 0.0508. The third kappa shape index (κ3) is 3.47. The normalized spacial score (nSPS) is 10.3. The largest absolute Gasteiger partial charge is 0.462 e. The molecule has 20 heavy (non-hydrogen) atoms. The Morgan fingerprint density at radius 3 is 2.50 bits per heavy atom. The van der Waals surface area contributed by atoms with Crippen LogP contribution in [0.2, 0.25) is 0 Å². The van der Waals surface area contributed by atoms with Crippen molar-refractivity contribution >= 4 is 5.97 Å². The van der Waals surface area contributed by atoms with Crippen LogP contribution in [0, 0.1) is 6.92 Å². The summed E-state index contributed by atoms with van der Waals surface area (Å²) in [7, 11) is 0. The molecule has 2 aromatic rings. The molecule has 2 aromatic carbocycles. The first-order valence-electron chi connectivity index (χ1n) is 7.02. The van der Waals surface area contributed by atoms with Crippen LogP contribution < -0.4 is 0 Å². The maximum atomic E-state index is 12.1. The number of hydrogen-bond donors (Lipinski definition) is 0. The van der Waals surface area contributed by atoms with Crippen molar-refractivity contribution in [1.82, 2.24) is 0 Å². The number of aryl methyl sites for hydroxylation is 1. The van der Waals surface area contributed by atoms with Crippen LogP contribution in [0.5, 0.6) is 0 Å². The lowest BCUT2D eigenvalue weighted by Crippen LogP contribution is -2.11. The fourth-order valence-corrected chi connectivity index (χ4v) is 2.35. The second-order valence-corrected chi connectivity index (χ2v) is 4.83. The number of ether oxygens (including phenoxy) is 1. The number of esters is 1. The van der Waals surface area contributed by atoms with Gasteiger partial charge in [0.25, 0.3) is 0 Å². The summed E-state index contributed by atoms with van der Waals surface area (Å²) < 4.78 is 5.39. The highest BCUT2D eigenvalue weighted by Gasteiger charge is 2.12. The monoisotopic (exact) mass is 268 g/mol. The van der Waals surface area contributed by atoms with E-state index >= 15 is 0 Å². The summed E-state index contributed by atoms with van der Waals surface area (Å²) in [6.45, 7) is 4.50. The van der Waals surface area contributed by atoms with Gasteiger partial charge in [-0.05, 0) is 36.1 Å². The van der Waals surface area contributed by atoms with E-state index < -0.39 is 0 Å². The van der Waals surface area contributed by atoms with Gasteiger partial charge in [-0.25, -0.2) is 4.79 Å². The molecule has 0 unspecified atom stereocenters. The van der Waals surface area contributed by atoms with E-state index in [1.165, 1.54) is 5.56 Å². The summed E-state index contributed by atoms with van der Waals surface area (Å²) in [6, 6.07) is 15.8. The van der Waals surface area contributed by atoms with Gasteiger partial charge in [0.05, 0.1) is 12.2 Å². The van der Waals surface area contributed by atoms with Crippen molar-refractivity contribution in [3.8, 4) is 0 Å². The molecule has 2 rings (SSSR count). The molecule has 0 aromatic heterocycles. The van der Waals surface area contributed by atoms with Crippen molar-refractivity contribution in [2.45, 2.75) is 26.7 Å². The second kappa shape index (κ2) is 6.90. The van der Waals surface area contributed by atoms with Crippen LogP contribution in [0.25, 0.3) is 0 Å². The molecule has 0 radical (unpaired) electrons. The van der Waals surface area contributed by atoms with Crippen molar-refractivity contribution in [3.05, 3.63) is 70.8 Å². The Hall–Kier alpha value is -2.09. The quantitative estimate of drug-likeness (QED) is 0.767. The van der Waals surface area contributed by atoms with Gasteiger partial charge in [-0.1, -0.05) is 49.4 Å². The third-order valence-corrected chi connectivity index (χ3v) is 3.45. The first-order chi connectivity index (χ1) is 9.72. The first-order valence-corrected chi connectivity index (χ1v) is 7.02. The Morgan fingerprint density at radius 2 is 1.80 bits per heavy atom. The first kappa shape index (κ1) is 14.3. The Kier molecular flexibility index (Phi) is 4.94. The molecule has 0 aliphatic rings. The maximum absolute atomic E-state index is 12.1. The number of hydrogen-bond acceptors (Lipinski definition) is 2. The zero-order chi connectivity index (χ0) is 14.4. The third-order valence-electron chi connectivity index (χ3n) is 3.45. The Bertz CT molecular complexity index is 573. The highest BCUT2D eigenvalue weighted by molar-refractivity contribution is 5.91. The van der Waals surface area contributed by atoms with E-state index in [0.29, 0.717) is 12.2 Å². The molecular formula is C18H20O2. The lowest BCUT2D eigenvalue weighted by Gasteiger charge is -2.10. The highest BCUT2D eigenvalue weighted by atomic mass is 16.5. The zero-order valence-electron chi connectivity index (χ0n) is 12.1. The van der Waals surface area contributed by atoms with E-state index in [0.717, 1.165) is 24.0 Å². The fourth-order valence-electron chi connectivity index (χ4n) is 2.35. The number of carbonyl (C=O) groups is 1. The van der Waals surface area contributed by atoms with Crippen LogP contribution in [0.4, 0.5) is 0 Å². The van der Waals surface area contributed by atoms with Gasteiger partial charge < -0.3 is 4.74 Å². The van der Waals surface area contributed by atoms with Gasteiger partial charge in [-0.3, -0.25) is 0 Å². The molecule has 0 N–H and O–H groups in total. The van der Waals surface area contributed by atoms with Crippen LogP contribution in [-0.4, -0.2) is 12.6 Å². The topological polar surface area (TPSA) is 26.3 Å². The number of rotatable bonds is 5. The summed E-state index contributed by atoms with van der Waals surface area (Å²) in [5.41, 5.74) is 4.10. The summed E-state index contributed by atoms with van der Waals surface area (Å²) in [5, 5.41) is 0. The van der Waals surface area contributed by atoms with Crippen molar-refractivity contribution in [3.63, 3.8) is 0 Å². The Labute approximate surface area is 120 Å². The molecule has 0 atom stereocenters. The molecule has 0 spiro atoms. The average Bonchev–Trinajstić information content (AvgIpc) is 2.48. The molecule has 2 nitrogen and oxygen atoms in total. The summed E-state index contributed by atoms with van der Waals surface area (Å²) >= 11 is 0. The van der Waals surface area contributed by atoms with Crippen LogP contribution >= 0.6 is 0 Å². The van der Waals surface area contributed by atoms with Crippen LogP contribution in [0.1, 0.15) is 34.0 Å². The van der Waals surface area contributed by atoms with Gasteiger partial charge >= 0.3 is 5.97 Å². The van der Waals surface area contributed by atoms with Crippen molar-refractivity contribution in [2.75, 3.05) is 6.61 Å². The number of carbonyl (C=O) groups excluding carboxylic acids is 1. The summed E-state index contributed by atoms with van der Waals surface area (Å²) in [4.78, 5) is 12.1. The minimum atomic E-state index is -0.221. The van der Waals surface area contributed by atoms with Gasteiger partial charge in [-0.15, -0.1) is 0 Å². The van der Waals surface area contributed by atoms with Gasteiger partial charge in [0, 0.05) is 6.42 Å². The van der Waals surface area contributed by atoms with Crippen LogP contribution in [-0.2, 0) is 17.6 Å². The van der Waals surface area contributed by atoms with E-state index in [1.54, 1.807) is 0 Å². The fraction of sp³-hybridized carbons (Fsp3) is 0.278. The molecule has 0 aliphatic heterocycles. The van der Waals surface area contributed by atoms with E-state index in [2.05, 4.69) is 6.92 Å². The van der Waals surface area contributed by atoms with Crippen molar-refractivity contribution < 1.29 is 9.53 Å². The van der Waals surface area contributed by atoms with Crippen LogP contribution in [0.3, 0.4) is 0 Å². The average molecular weight is 268 g/mol. The molecule has 2 heteroatoms. The molecule has 0 bridgehead atoms. The maximum Gasteiger partial charge on any atom is 0.338 e. The molecule has 0 saturated heterocycles. The molecule has 0 amide bonds.